The zero-order valence-corrected chi connectivity index (χ0v) is 19.2. The van der Waals surface area contributed by atoms with Gasteiger partial charge in [0, 0.05) is 31.7 Å². The summed E-state index contributed by atoms with van der Waals surface area (Å²) in [6.45, 7) is 4.31. The zero-order chi connectivity index (χ0) is 21.8. The predicted octanol–water partition coefficient (Wildman–Crippen LogP) is 2.50. The first kappa shape index (κ1) is 21.8. The summed E-state index contributed by atoms with van der Waals surface area (Å²) in [6.07, 6.45) is 3.75. The number of piperidine rings is 1. The van der Waals surface area contributed by atoms with E-state index in [0.717, 1.165) is 61.1 Å². The average Bonchev–Trinajstić information content (AvgIpc) is 2.76. The Morgan fingerprint density at radius 3 is 2.71 bits per heavy atom. The summed E-state index contributed by atoms with van der Waals surface area (Å²) < 4.78 is 0. The second-order valence-electron chi connectivity index (χ2n) is 8.53. The molecule has 1 fully saturated rings. The van der Waals surface area contributed by atoms with Crippen molar-refractivity contribution in [3.63, 3.8) is 0 Å². The van der Waals surface area contributed by atoms with Gasteiger partial charge in [0.25, 0.3) is 0 Å². The normalized spacial score (nSPS) is 17.1. The Morgan fingerprint density at radius 1 is 1.16 bits per heavy atom. The molecule has 0 radical (unpaired) electrons. The quantitative estimate of drug-likeness (QED) is 0.634. The first-order valence-corrected chi connectivity index (χ1v) is 11.1. The van der Waals surface area contributed by atoms with Gasteiger partial charge in [0.2, 0.25) is 5.95 Å². The van der Waals surface area contributed by atoms with Crippen LogP contribution in [-0.2, 0) is 6.54 Å². The maximum absolute atomic E-state index is 6.16. The standard InChI is InChI=1S/C22H31ClN8/c1-30(2)11-12-31(3)21-26-15-18-19(28-21)27-20(22(29-18)7-9-24-10-8-22)25-14-16-5-4-6-17(23)13-16/h4-6,13,15,24,29H,7-12,14H2,1-3H3,(H,25,26,27,28). The Kier molecular flexibility index (Phi) is 6.60. The van der Waals surface area contributed by atoms with E-state index in [0.29, 0.717) is 18.3 Å². The molecule has 166 valence electrons. The molecule has 0 saturated carbocycles. The Bertz CT molecular complexity index is 939. The van der Waals surface area contributed by atoms with E-state index in [1.54, 1.807) is 0 Å². The molecule has 1 aromatic heterocycles. The molecule has 3 heterocycles. The number of nitrogens with zero attached hydrogens (tertiary/aromatic N) is 5. The van der Waals surface area contributed by atoms with Gasteiger partial charge >= 0.3 is 0 Å². The molecule has 1 saturated heterocycles. The molecule has 2 aliphatic rings. The number of anilines is 2. The Morgan fingerprint density at radius 2 is 1.97 bits per heavy atom. The highest BCUT2D eigenvalue weighted by molar-refractivity contribution is 6.30. The van der Waals surface area contributed by atoms with Crippen LogP contribution in [0.2, 0.25) is 5.02 Å². The number of aromatic nitrogens is 2. The fourth-order valence-corrected chi connectivity index (χ4v) is 4.17. The van der Waals surface area contributed by atoms with Crippen LogP contribution in [0.3, 0.4) is 0 Å². The number of amidine groups is 1. The van der Waals surface area contributed by atoms with Crippen LogP contribution in [0.15, 0.2) is 35.5 Å². The smallest absolute Gasteiger partial charge is 0.227 e. The van der Waals surface area contributed by atoms with Crippen LogP contribution in [0.4, 0.5) is 17.5 Å². The molecule has 1 aromatic carbocycles. The third kappa shape index (κ3) is 5.08. The Balaban J connectivity index is 1.60. The van der Waals surface area contributed by atoms with Gasteiger partial charge in [-0.3, -0.25) is 0 Å². The van der Waals surface area contributed by atoms with E-state index in [9.17, 15) is 0 Å². The molecule has 31 heavy (non-hydrogen) atoms. The number of aliphatic imine (C=N–C) groups is 1. The lowest BCUT2D eigenvalue weighted by atomic mass is 9.85. The van der Waals surface area contributed by atoms with E-state index in [1.807, 2.05) is 31.4 Å². The van der Waals surface area contributed by atoms with E-state index in [2.05, 4.69) is 50.9 Å². The minimum Gasteiger partial charge on any atom is -0.368 e. The first-order chi connectivity index (χ1) is 14.9. The van der Waals surface area contributed by atoms with Crippen molar-refractivity contribution in [3.05, 3.63) is 41.0 Å². The van der Waals surface area contributed by atoms with Gasteiger partial charge in [-0.05, 0) is 57.7 Å². The minimum atomic E-state index is -0.238. The van der Waals surface area contributed by atoms with Gasteiger partial charge in [-0.25, -0.2) is 9.98 Å². The van der Waals surface area contributed by atoms with Crippen LogP contribution in [0.5, 0.6) is 0 Å². The zero-order valence-electron chi connectivity index (χ0n) is 18.5. The number of likely N-dealkylation sites (N-methyl/N-ethyl adjacent to an activating group) is 2. The largest absolute Gasteiger partial charge is 0.368 e. The van der Waals surface area contributed by atoms with Crippen molar-refractivity contribution in [2.45, 2.75) is 24.9 Å². The average molecular weight is 443 g/mol. The highest BCUT2D eigenvalue weighted by atomic mass is 35.5. The van der Waals surface area contributed by atoms with Crippen LogP contribution in [0.25, 0.3) is 0 Å². The van der Waals surface area contributed by atoms with Crippen molar-refractivity contribution >= 4 is 34.9 Å². The van der Waals surface area contributed by atoms with Gasteiger partial charge in [0.05, 0.1) is 17.4 Å². The van der Waals surface area contributed by atoms with Crippen molar-refractivity contribution in [2.24, 2.45) is 4.99 Å². The summed E-state index contributed by atoms with van der Waals surface area (Å²) in [7, 11) is 6.13. The van der Waals surface area contributed by atoms with Crippen LogP contribution in [-0.4, -0.2) is 73.6 Å². The van der Waals surface area contributed by atoms with Crippen LogP contribution in [0, 0.1) is 0 Å². The van der Waals surface area contributed by atoms with Crippen molar-refractivity contribution in [1.82, 2.24) is 25.5 Å². The number of hydrogen-bond acceptors (Lipinski definition) is 8. The Labute approximate surface area is 189 Å². The molecule has 0 unspecified atom stereocenters. The monoisotopic (exact) mass is 442 g/mol. The number of fused-ring (bicyclic) bond motifs is 1. The SMILES string of the molecule is CN(C)CCN(C)c1ncc2c(n1)N=C(NCc1cccc(Cl)c1)C1(CCNCC1)N2. The third-order valence-electron chi connectivity index (χ3n) is 5.83. The number of rotatable bonds is 6. The lowest BCUT2D eigenvalue weighted by Gasteiger charge is -2.42. The van der Waals surface area contributed by atoms with Gasteiger partial charge < -0.3 is 25.8 Å². The van der Waals surface area contributed by atoms with Crippen molar-refractivity contribution in [3.8, 4) is 0 Å². The highest BCUT2D eigenvalue weighted by Crippen LogP contribution is 2.36. The maximum Gasteiger partial charge on any atom is 0.227 e. The first-order valence-electron chi connectivity index (χ1n) is 10.7. The maximum atomic E-state index is 6.16. The second kappa shape index (κ2) is 9.38. The Hall–Kier alpha value is -2.42. The summed E-state index contributed by atoms with van der Waals surface area (Å²) in [6, 6.07) is 7.91. The van der Waals surface area contributed by atoms with E-state index < -0.39 is 0 Å². The van der Waals surface area contributed by atoms with Crippen LogP contribution in [0.1, 0.15) is 18.4 Å². The lowest BCUT2D eigenvalue weighted by Crippen LogP contribution is -2.58. The molecule has 0 amide bonds. The lowest BCUT2D eigenvalue weighted by molar-refractivity contribution is 0.411. The van der Waals surface area contributed by atoms with Crippen molar-refractivity contribution in [2.75, 3.05) is 57.5 Å². The molecule has 0 aliphatic carbocycles. The van der Waals surface area contributed by atoms with E-state index in [1.165, 1.54) is 0 Å². The van der Waals surface area contributed by atoms with E-state index >= 15 is 0 Å². The summed E-state index contributed by atoms with van der Waals surface area (Å²) >= 11 is 6.16. The molecule has 4 rings (SSSR count). The molecule has 1 spiro atoms. The summed E-state index contributed by atoms with van der Waals surface area (Å²) in [4.78, 5) is 18.5. The number of nitrogens with one attached hydrogen (secondary N) is 3. The molecular weight excluding hydrogens is 412 g/mol. The van der Waals surface area contributed by atoms with Gasteiger partial charge in [-0.2, -0.15) is 4.98 Å². The molecule has 0 atom stereocenters. The van der Waals surface area contributed by atoms with Gasteiger partial charge in [-0.15, -0.1) is 0 Å². The van der Waals surface area contributed by atoms with Gasteiger partial charge in [0.1, 0.15) is 5.84 Å². The number of halogens is 1. The fraction of sp³-hybridized carbons (Fsp3) is 0.500. The second-order valence-corrected chi connectivity index (χ2v) is 8.97. The predicted molar refractivity (Wildman–Crippen MR) is 128 cm³/mol. The van der Waals surface area contributed by atoms with Crippen LogP contribution >= 0.6 is 11.6 Å². The molecule has 2 aromatic rings. The molecule has 2 aliphatic heterocycles. The van der Waals surface area contributed by atoms with Crippen LogP contribution < -0.4 is 20.9 Å². The molecular formula is C22H31ClN8. The third-order valence-corrected chi connectivity index (χ3v) is 6.07. The summed E-state index contributed by atoms with van der Waals surface area (Å²) in [5.41, 5.74) is 1.77. The van der Waals surface area contributed by atoms with Gasteiger partial charge in [-0.1, -0.05) is 23.7 Å². The minimum absolute atomic E-state index is 0.238. The molecule has 9 heteroatoms. The molecule has 8 nitrogen and oxygen atoms in total. The van der Waals surface area contributed by atoms with E-state index in [-0.39, 0.29) is 5.54 Å². The highest BCUT2D eigenvalue weighted by Gasteiger charge is 2.41. The van der Waals surface area contributed by atoms with Crippen molar-refractivity contribution in [1.29, 1.82) is 0 Å². The van der Waals surface area contributed by atoms with Crippen molar-refractivity contribution < 1.29 is 0 Å². The molecule has 3 N–H and O–H groups in total. The number of benzene rings is 1. The fourth-order valence-electron chi connectivity index (χ4n) is 3.96. The van der Waals surface area contributed by atoms with E-state index in [4.69, 9.17) is 21.6 Å². The summed E-state index contributed by atoms with van der Waals surface area (Å²) in [5.74, 6) is 2.29. The molecule has 0 bridgehead atoms. The number of hydrogen-bond donors (Lipinski definition) is 3. The topological polar surface area (TPSA) is 80.7 Å². The summed E-state index contributed by atoms with van der Waals surface area (Å²) in [5, 5.41) is 11.5. The van der Waals surface area contributed by atoms with Gasteiger partial charge in [0.15, 0.2) is 5.82 Å².